The molecule has 3 aromatic carbocycles. The normalized spacial score (nSPS) is 13.2. The predicted octanol–water partition coefficient (Wildman–Crippen LogP) is 6.75. The van der Waals surface area contributed by atoms with E-state index in [1.54, 1.807) is 18.3 Å². The van der Waals surface area contributed by atoms with Crippen LogP contribution in [-0.4, -0.2) is 20.9 Å². The summed E-state index contributed by atoms with van der Waals surface area (Å²) in [5.41, 5.74) is 6.77. The number of halogens is 2. The van der Waals surface area contributed by atoms with Gasteiger partial charge in [-0.3, -0.25) is 4.79 Å². The molecule has 0 saturated heterocycles. The van der Waals surface area contributed by atoms with Crippen molar-refractivity contribution in [3.05, 3.63) is 119 Å². The molecule has 4 aromatic rings. The van der Waals surface area contributed by atoms with Gasteiger partial charge in [-0.1, -0.05) is 42.0 Å². The molecule has 0 bridgehead atoms. The third kappa shape index (κ3) is 5.64. The van der Waals surface area contributed by atoms with Crippen LogP contribution in [0.1, 0.15) is 46.7 Å². The third-order valence-electron chi connectivity index (χ3n) is 6.77. The Hall–Kier alpha value is -4.19. The third-order valence-corrected chi connectivity index (χ3v) is 6.77. The molecule has 5 rings (SSSR count). The van der Waals surface area contributed by atoms with Crippen molar-refractivity contribution in [2.45, 2.75) is 38.5 Å². The zero-order chi connectivity index (χ0) is 25.9. The molecule has 0 amide bonds. The van der Waals surface area contributed by atoms with Crippen LogP contribution >= 0.6 is 0 Å². The summed E-state index contributed by atoms with van der Waals surface area (Å²) < 4.78 is 28.0. The summed E-state index contributed by atoms with van der Waals surface area (Å²) in [5, 5.41) is 9.92. The van der Waals surface area contributed by atoms with Gasteiger partial charge in [0, 0.05) is 36.6 Å². The summed E-state index contributed by atoms with van der Waals surface area (Å²) in [7, 11) is 0. The van der Waals surface area contributed by atoms with Gasteiger partial charge in [-0.05, 0) is 71.9 Å². The molecule has 1 aromatic heterocycles. The minimum Gasteiger partial charge on any atom is -0.508 e. The fourth-order valence-electron chi connectivity index (χ4n) is 5.01. The lowest BCUT2D eigenvalue weighted by Gasteiger charge is -2.20. The van der Waals surface area contributed by atoms with Crippen LogP contribution in [0.15, 0.2) is 79.3 Å². The number of aromatic nitrogens is 2. The van der Waals surface area contributed by atoms with Crippen LogP contribution < -0.4 is 0 Å². The van der Waals surface area contributed by atoms with Gasteiger partial charge in [0.25, 0.3) is 0 Å². The molecule has 1 N–H and O–H groups in total. The number of Topliss-reactive ketones (excluding diaryl/α,β-unsaturated/α-hetero) is 1. The molecule has 0 fully saturated rings. The van der Waals surface area contributed by atoms with E-state index in [1.165, 1.54) is 18.5 Å². The van der Waals surface area contributed by atoms with Crippen LogP contribution in [0.25, 0.3) is 16.7 Å². The minimum absolute atomic E-state index is 0.0159. The molecule has 1 atom stereocenters. The van der Waals surface area contributed by atoms with Gasteiger partial charge in [-0.2, -0.15) is 0 Å². The van der Waals surface area contributed by atoms with Crippen molar-refractivity contribution in [1.82, 2.24) is 9.97 Å². The highest BCUT2D eigenvalue weighted by molar-refractivity contribution is 5.92. The molecule has 1 heterocycles. The van der Waals surface area contributed by atoms with Gasteiger partial charge in [0.1, 0.15) is 29.5 Å². The predicted molar refractivity (Wildman–Crippen MR) is 139 cm³/mol. The molecule has 0 radical (unpaired) electrons. The van der Waals surface area contributed by atoms with E-state index >= 15 is 0 Å². The number of benzene rings is 3. The molecule has 0 saturated carbocycles. The highest BCUT2D eigenvalue weighted by atomic mass is 19.1. The van der Waals surface area contributed by atoms with Crippen molar-refractivity contribution in [2.75, 3.05) is 0 Å². The lowest BCUT2D eigenvalue weighted by molar-refractivity contribution is -0.118. The largest absolute Gasteiger partial charge is 0.508 e. The van der Waals surface area contributed by atoms with Crippen LogP contribution in [0, 0.1) is 18.6 Å². The van der Waals surface area contributed by atoms with E-state index in [9.17, 15) is 18.7 Å². The van der Waals surface area contributed by atoms with Crippen LogP contribution in [0.4, 0.5) is 8.78 Å². The van der Waals surface area contributed by atoms with Crippen LogP contribution in [-0.2, 0) is 17.6 Å². The number of aryl methyl sites for hydroxylation is 1. The summed E-state index contributed by atoms with van der Waals surface area (Å²) in [6.45, 7) is 2.00. The Balaban J connectivity index is 1.47. The second kappa shape index (κ2) is 10.4. The number of carbonyl (C=O) groups is 1. The smallest absolute Gasteiger partial charge is 0.137 e. The van der Waals surface area contributed by atoms with Crippen molar-refractivity contribution in [3.8, 4) is 16.9 Å². The van der Waals surface area contributed by atoms with Crippen molar-refractivity contribution in [2.24, 2.45) is 0 Å². The number of nitrogens with zero attached hydrogens (tertiary/aromatic N) is 2. The Morgan fingerprint density at radius 3 is 2.51 bits per heavy atom. The molecular formula is C31H26F2N2O2. The van der Waals surface area contributed by atoms with Crippen molar-refractivity contribution in [1.29, 1.82) is 0 Å². The van der Waals surface area contributed by atoms with E-state index in [2.05, 4.69) is 9.97 Å². The summed E-state index contributed by atoms with van der Waals surface area (Å²) in [4.78, 5) is 22.2. The first kappa shape index (κ1) is 24.5. The SMILES string of the molecule is Cc1ccc(-c2cncnc2[C@@H](CC(=O)CC2=CCc3ccc(O)cc32)Cc2cc(F)cc(F)c2)cc1. The molecule has 4 nitrogen and oxygen atoms in total. The molecule has 6 heteroatoms. The minimum atomic E-state index is -0.658. The Bertz CT molecular complexity index is 1480. The van der Waals surface area contributed by atoms with Gasteiger partial charge in [-0.15, -0.1) is 0 Å². The Morgan fingerprint density at radius 2 is 1.76 bits per heavy atom. The lowest BCUT2D eigenvalue weighted by Crippen LogP contribution is -2.13. The van der Waals surface area contributed by atoms with E-state index in [-0.39, 0.29) is 30.8 Å². The van der Waals surface area contributed by atoms with E-state index in [0.717, 1.165) is 39.5 Å². The van der Waals surface area contributed by atoms with Gasteiger partial charge in [-0.25, -0.2) is 18.7 Å². The van der Waals surface area contributed by atoms with Gasteiger partial charge in [0.15, 0.2) is 0 Å². The molecule has 0 unspecified atom stereocenters. The highest BCUT2D eigenvalue weighted by Crippen LogP contribution is 2.36. The fraction of sp³-hybridized carbons (Fsp3) is 0.194. The molecule has 1 aliphatic rings. The van der Waals surface area contributed by atoms with Gasteiger partial charge < -0.3 is 5.11 Å². The topological polar surface area (TPSA) is 63.1 Å². The van der Waals surface area contributed by atoms with Crippen molar-refractivity contribution >= 4 is 11.4 Å². The number of hydrogen-bond donors (Lipinski definition) is 1. The number of fused-ring (bicyclic) bond motifs is 1. The summed E-state index contributed by atoms with van der Waals surface area (Å²) in [6, 6.07) is 16.6. The molecular weight excluding hydrogens is 470 g/mol. The van der Waals surface area contributed by atoms with E-state index < -0.39 is 17.6 Å². The Kier molecular flexibility index (Phi) is 6.91. The quantitative estimate of drug-likeness (QED) is 0.293. The average Bonchev–Trinajstić information content (AvgIpc) is 3.25. The number of ketones is 1. The second-order valence-electron chi connectivity index (χ2n) is 9.56. The molecule has 37 heavy (non-hydrogen) atoms. The average molecular weight is 497 g/mol. The van der Waals surface area contributed by atoms with Crippen LogP contribution in [0.5, 0.6) is 5.75 Å². The zero-order valence-electron chi connectivity index (χ0n) is 20.4. The lowest BCUT2D eigenvalue weighted by atomic mass is 9.86. The van der Waals surface area contributed by atoms with E-state index in [4.69, 9.17) is 0 Å². The number of carbonyl (C=O) groups excluding carboxylic acids is 1. The van der Waals surface area contributed by atoms with Gasteiger partial charge >= 0.3 is 0 Å². The number of phenols is 1. The molecule has 1 aliphatic carbocycles. The maximum Gasteiger partial charge on any atom is 0.137 e. The van der Waals surface area contributed by atoms with Crippen molar-refractivity contribution < 1.29 is 18.7 Å². The van der Waals surface area contributed by atoms with Crippen molar-refractivity contribution in [3.63, 3.8) is 0 Å². The summed E-state index contributed by atoms with van der Waals surface area (Å²) in [6.07, 6.45) is 6.47. The number of aromatic hydroxyl groups is 1. The monoisotopic (exact) mass is 496 g/mol. The van der Waals surface area contributed by atoms with E-state index in [1.807, 2.05) is 43.3 Å². The molecule has 0 spiro atoms. The number of allylic oxidation sites excluding steroid dienone is 2. The number of hydrogen-bond acceptors (Lipinski definition) is 4. The molecule has 186 valence electrons. The highest BCUT2D eigenvalue weighted by Gasteiger charge is 2.25. The van der Waals surface area contributed by atoms with Gasteiger partial charge in [0.2, 0.25) is 0 Å². The standard InChI is InChI=1S/C31H26F2N2O2/c1-19-2-4-22(5-3-19)30-17-34-18-35-31(30)24(10-20-11-25(32)15-26(33)12-20)14-28(37)13-23-7-6-21-8-9-27(36)16-29(21)23/h2-5,7-9,11-12,15-18,24,36H,6,10,13-14H2,1H3/t24-/m1/s1. The summed E-state index contributed by atoms with van der Waals surface area (Å²) >= 11 is 0. The maximum absolute atomic E-state index is 14.0. The first-order chi connectivity index (χ1) is 17.9. The number of phenolic OH excluding ortho intramolecular Hbond substituents is 1. The molecule has 0 aliphatic heterocycles. The van der Waals surface area contributed by atoms with Crippen LogP contribution in [0.3, 0.4) is 0 Å². The van der Waals surface area contributed by atoms with Gasteiger partial charge in [0.05, 0.1) is 5.69 Å². The Labute approximate surface area is 214 Å². The first-order valence-electron chi connectivity index (χ1n) is 12.2. The van der Waals surface area contributed by atoms with Crippen LogP contribution in [0.2, 0.25) is 0 Å². The first-order valence-corrected chi connectivity index (χ1v) is 12.2. The zero-order valence-corrected chi connectivity index (χ0v) is 20.4. The summed E-state index contributed by atoms with van der Waals surface area (Å²) in [5.74, 6) is -1.59. The second-order valence-corrected chi connectivity index (χ2v) is 9.56. The fourth-order valence-corrected chi connectivity index (χ4v) is 5.01. The van der Waals surface area contributed by atoms with E-state index in [0.29, 0.717) is 17.7 Å². The Morgan fingerprint density at radius 1 is 1.00 bits per heavy atom. The maximum atomic E-state index is 14.0. The number of rotatable bonds is 8.